The third-order valence-corrected chi connectivity index (χ3v) is 3.93. The maximum absolute atomic E-state index is 12.1. The van der Waals surface area contributed by atoms with Crippen LogP contribution in [0.4, 0.5) is 5.69 Å². The van der Waals surface area contributed by atoms with Gasteiger partial charge in [-0.05, 0) is 43.6 Å². The number of anilines is 1. The number of benzene rings is 1. The molecule has 5 nitrogen and oxygen atoms in total. The Bertz CT molecular complexity index is 756. The highest BCUT2D eigenvalue weighted by atomic mass is 32.1. The van der Waals surface area contributed by atoms with Crippen molar-refractivity contribution in [1.82, 2.24) is 9.53 Å². The Morgan fingerprint density at radius 1 is 1.40 bits per heavy atom. The summed E-state index contributed by atoms with van der Waals surface area (Å²) >= 11 is 1.44. The van der Waals surface area contributed by atoms with Gasteiger partial charge >= 0.3 is 0 Å². The molecule has 2 heterocycles. The lowest BCUT2D eigenvalue weighted by atomic mass is 10.1. The molecule has 3 aromatic rings. The van der Waals surface area contributed by atoms with Gasteiger partial charge in [0.25, 0.3) is 0 Å². The predicted octanol–water partition coefficient (Wildman–Crippen LogP) is 3.08. The first-order valence-electron chi connectivity index (χ1n) is 6.19. The zero-order valence-electron chi connectivity index (χ0n) is 11.1. The second kappa shape index (κ2) is 5.05. The fourth-order valence-corrected chi connectivity index (χ4v) is 2.70. The van der Waals surface area contributed by atoms with E-state index in [9.17, 15) is 4.79 Å². The summed E-state index contributed by atoms with van der Waals surface area (Å²) in [6.07, 6.45) is 2.06. The van der Waals surface area contributed by atoms with Gasteiger partial charge in [-0.3, -0.25) is 4.79 Å². The van der Waals surface area contributed by atoms with Gasteiger partial charge in [-0.2, -0.15) is 4.37 Å². The lowest BCUT2D eigenvalue weighted by molar-refractivity contribution is -0.115. The molecule has 0 radical (unpaired) electrons. The SMILES string of the molecule is Cc1noc(C)c1CC(=O)Nc1ccc2sncc2c1. The Morgan fingerprint density at radius 2 is 2.25 bits per heavy atom. The van der Waals surface area contributed by atoms with Crippen molar-refractivity contribution in [3.8, 4) is 0 Å². The minimum Gasteiger partial charge on any atom is -0.361 e. The molecule has 0 saturated carbocycles. The highest BCUT2D eigenvalue weighted by molar-refractivity contribution is 7.13. The number of aromatic nitrogens is 2. The maximum atomic E-state index is 12.1. The quantitative estimate of drug-likeness (QED) is 0.803. The van der Waals surface area contributed by atoms with Crippen molar-refractivity contribution in [3.63, 3.8) is 0 Å². The van der Waals surface area contributed by atoms with Crippen LogP contribution in [0.2, 0.25) is 0 Å². The number of carbonyl (C=O) groups excluding carboxylic acids is 1. The van der Waals surface area contributed by atoms with Crippen LogP contribution in [0.25, 0.3) is 10.1 Å². The Balaban J connectivity index is 1.75. The van der Waals surface area contributed by atoms with E-state index in [2.05, 4.69) is 14.8 Å². The lowest BCUT2D eigenvalue weighted by Crippen LogP contribution is -2.15. The molecule has 0 aliphatic carbocycles. The van der Waals surface area contributed by atoms with Gasteiger partial charge in [-0.1, -0.05) is 5.16 Å². The van der Waals surface area contributed by atoms with Crippen LogP contribution in [0.3, 0.4) is 0 Å². The van der Waals surface area contributed by atoms with Crippen molar-refractivity contribution < 1.29 is 9.32 Å². The molecule has 0 bridgehead atoms. The van der Waals surface area contributed by atoms with E-state index in [1.54, 1.807) is 6.20 Å². The highest BCUT2D eigenvalue weighted by Gasteiger charge is 2.13. The number of carbonyl (C=O) groups is 1. The Hall–Kier alpha value is -2.21. The summed E-state index contributed by atoms with van der Waals surface area (Å²) in [5.74, 6) is 0.608. The molecule has 102 valence electrons. The number of nitrogens with one attached hydrogen (secondary N) is 1. The van der Waals surface area contributed by atoms with Crippen LogP contribution >= 0.6 is 11.5 Å². The van der Waals surface area contributed by atoms with Crippen molar-refractivity contribution in [2.45, 2.75) is 20.3 Å². The largest absolute Gasteiger partial charge is 0.361 e. The second-order valence-electron chi connectivity index (χ2n) is 4.61. The number of rotatable bonds is 3. The molecule has 3 rings (SSSR count). The molecule has 20 heavy (non-hydrogen) atoms. The summed E-state index contributed by atoms with van der Waals surface area (Å²) in [4.78, 5) is 12.1. The molecule has 0 saturated heterocycles. The predicted molar refractivity (Wildman–Crippen MR) is 77.9 cm³/mol. The van der Waals surface area contributed by atoms with E-state index in [1.807, 2.05) is 32.0 Å². The van der Waals surface area contributed by atoms with Crippen LogP contribution in [0.1, 0.15) is 17.0 Å². The van der Waals surface area contributed by atoms with Crippen LogP contribution in [-0.2, 0) is 11.2 Å². The summed E-state index contributed by atoms with van der Waals surface area (Å²) in [6.45, 7) is 3.65. The molecular weight excluding hydrogens is 274 g/mol. The van der Waals surface area contributed by atoms with Crippen molar-refractivity contribution in [3.05, 3.63) is 41.4 Å². The van der Waals surface area contributed by atoms with Gasteiger partial charge in [0.05, 0.1) is 16.8 Å². The van der Waals surface area contributed by atoms with Gasteiger partial charge < -0.3 is 9.84 Å². The van der Waals surface area contributed by atoms with E-state index >= 15 is 0 Å². The van der Waals surface area contributed by atoms with Crippen LogP contribution < -0.4 is 5.32 Å². The standard InChI is InChI=1S/C14H13N3O2S/c1-8-12(9(2)19-17-8)6-14(18)16-11-3-4-13-10(5-11)7-15-20-13/h3-5,7H,6H2,1-2H3,(H,16,18). The van der Waals surface area contributed by atoms with Crippen LogP contribution in [-0.4, -0.2) is 15.4 Å². The van der Waals surface area contributed by atoms with Crippen molar-refractivity contribution in [2.75, 3.05) is 5.32 Å². The lowest BCUT2D eigenvalue weighted by Gasteiger charge is -2.05. The second-order valence-corrected chi connectivity index (χ2v) is 5.44. The normalized spacial score (nSPS) is 10.9. The monoisotopic (exact) mass is 287 g/mol. The first-order valence-corrected chi connectivity index (χ1v) is 6.97. The van der Waals surface area contributed by atoms with Crippen molar-refractivity contribution in [1.29, 1.82) is 0 Å². The van der Waals surface area contributed by atoms with Crippen LogP contribution in [0, 0.1) is 13.8 Å². The molecule has 0 aliphatic rings. The fraction of sp³-hybridized carbons (Fsp3) is 0.214. The molecular formula is C14H13N3O2S. The first kappa shape index (κ1) is 12.8. The number of fused-ring (bicyclic) bond motifs is 1. The van der Waals surface area contributed by atoms with E-state index < -0.39 is 0 Å². The van der Waals surface area contributed by atoms with E-state index in [-0.39, 0.29) is 12.3 Å². The van der Waals surface area contributed by atoms with Gasteiger partial charge in [0, 0.05) is 22.8 Å². The van der Waals surface area contributed by atoms with Crippen molar-refractivity contribution >= 4 is 33.2 Å². The number of aryl methyl sites for hydroxylation is 2. The molecule has 1 N–H and O–H groups in total. The molecule has 0 aliphatic heterocycles. The minimum absolute atomic E-state index is 0.0815. The van der Waals surface area contributed by atoms with Gasteiger partial charge in [0.2, 0.25) is 5.91 Å². The molecule has 1 aromatic carbocycles. The molecule has 2 aromatic heterocycles. The van der Waals surface area contributed by atoms with E-state index in [4.69, 9.17) is 4.52 Å². The average molecular weight is 287 g/mol. The summed E-state index contributed by atoms with van der Waals surface area (Å²) < 4.78 is 10.3. The average Bonchev–Trinajstić information content (AvgIpc) is 3.00. The minimum atomic E-state index is -0.0815. The Morgan fingerprint density at radius 3 is 3.00 bits per heavy atom. The maximum Gasteiger partial charge on any atom is 0.228 e. The molecule has 0 spiro atoms. The first-order chi connectivity index (χ1) is 9.63. The van der Waals surface area contributed by atoms with Gasteiger partial charge in [0.15, 0.2) is 0 Å². The zero-order chi connectivity index (χ0) is 14.1. The van der Waals surface area contributed by atoms with Crippen LogP contribution in [0.5, 0.6) is 0 Å². The zero-order valence-corrected chi connectivity index (χ0v) is 12.0. The highest BCUT2D eigenvalue weighted by Crippen LogP contribution is 2.22. The Labute approximate surface area is 119 Å². The molecule has 0 atom stereocenters. The molecule has 1 amide bonds. The summed E-state index contributed by atoms with van der Waals surface area (Å²) in [7, 11) is 0. The number of amides is 1. The van der Waals surface area contributed by atoms with Gasteiger partial charge in [0.1, 0.15) is 5.76 Å². The molecule has 0 fully saturated rings. The fourth-order valence-electron chi connectivity index (χ4n) is 2.07. The number of nitrogens with zero attached hydrogens (tertiary/aromatic N) is 2. The van der Waals surface area contributed by atoms with Gasteiger partial charge in [-0.15, -0.1) is 0 Å². The molecule has 0 unspecified atom stereocenters. The van der Waals surface area contributed by atoms with Crippen molar-refractivity contribution in [2.24, 2.45) is 0 Å². The van der Waals surface area contributed by atoms with E-state index in [0.717, 1.165) is 27.0 Å². The topological polar surface area (TPSA) is 68.0 Å². The summed E-state index contributed by atoms with van der Waals surface area (Å²) in [5, 5.41) is 7.77. The van der Waals surface area contributed by atoms with E-state index in [0.29, 0.717) is 5.76 Å². The van der Waals surface area contributed by atoms with Crippen LogP contribution in [0.15, 0.2) is 28.9 Å². The van der Waals surface area contributed by atoms with E-state index in [1.165, 1.54) is 11.5 Å². The molecule has 6 heteroatoms. The smallest absolute Gasteiger partial charge is 0.228 e. The number of hydrogen-bond acceptors (Lipinski definition) is 5. The Kier molecular flexibility index (Phi) is 3.23. The summed E-state index contributed by atoms with van der Waals surface area (Å²) in [6, 6.07) is 5.76. The third-order valence-electron chi connectivity index (χ3n) is 3.15. The number of hydrogen-bond donors (Lipinski definition) is 1. The third kappa shape index (κ3) is 2.42. The van der Waals surface area contributed by atoms with Gasteiger partial charge in [-0.25, -0.2) is 0 Å². The summed E-state index contributed by atoms with van der Waals surface area (Å²) in [5.41, 5.74) is 2.38.